The third-order valence-electron chi connectivity index (χ3n) is 1.84. The molecule has 4 N–H and O–H groups in total. The molecule has 0 bridgehead atoms. The SMILES string of the molecule is CC[C@@H](N)c1ccccc1N. The Hall–Kier alpha value is -1.02. The maximum atomic E-state index is 5.82. The summed E-state index contributed by atoms with van der Waals surface area (Å²) >= 11 is 0. The molecular formula is C9H14N2. The first kappa shape index (κ1) is 8.08. The molecule has 11 heavy (non-hydrogen) atoms. The van der Waals surface area contributed by atoms with Crippen LogP contribution in [0.1, 0.15) is 24.9 Å². The standard InChI is InChI=1S/C9H14N2/c1-2-8(10)7-5-3-4-6-9(7)11/h3-6,8H,2,10-11H2,1H3/t8-/m1/s1. The highest BCUT2D eigenvalue weighted by Crippen LogP contribution is 2.19. The van der Waals surface area contributed by atoms with Crippen LogP contribution in [-0.2, 0) is 0 Å². The number of anilines is 1. The van der Waals surface area contributed by atoms with E-state index >= 15 is 0 Å². The quantitative estimate of drug-likeness (QED) is 0.630. The van der Waals surface area contributed by atoms with Gasteiger partial charge in [0, 0.05) is 11.7 Å². The van der Waals surface area contributed by atoms with Gasteiger partial charge >= 0.3 is 0 Å². The van der Waals surface area contributed by atoms with Crippen molar-refractivity contribution in [1.82, 2.24) is 0 Å². The molecule has 0 fully saturated rings. The van der Waals surface area contributed by atoms with E-state index < -0.39 is 0 Å². The summed E-state index contributed by atoms with van der Waals surface area (Å²) in [5, 5.41) is 0. The van der Waals surface area contributed by atoms with Gasteiger partial charge in [0.1, 0.15) is 0 Å². The molecule has 0 amide bonds. The number of rotatable bonds is 2. The van der Waals surface area contributed by atoms with Crippen LogP contribution in [0.25, 0.3) is 0 Å². The zero-order valence-electron chi connectivity index (χ0n) is 6.75. The largest absolute Gasteiger partial charge is 0.398 e. The second-order valence-corrected chi connectivity index (χ2v) is 2.64. The zero-order valence-corrected chi connectivity index (χ0v) is 6.75. The molecule has 0 unspecified atom stereocenters. The molecule has 2 nitrogen and oxygen atoms in total. The van der Waals surface area contributed by atoms with E-state index in [2.05, 4.69) is 6.92 Å². The molecule has 60 valence electrons. The van der Waals surface area contributed by atoms with Gasteiger partial charge in [-0.2, -0.15) is 0 Å². The average Bonchev–Trinajstić information content (AvgIpc) is 2.04. The van der Waals surface area contributed by atoms with E-state index in [0.29, 0.717) is 0 Å². The Bertz CT molecular complexity index is 233. The van der Waals surface area contributed by atoms with E-state index in [1.807, 2.05) is 24.3 Å². The van der Waals surface area contributed by atoms with Crippen molar-refractivity contribution in [3.05, 3.63) is 29.8 Å². The molecule has 0 heterocycles. The Morgan fingerprint density at radius 1 is 1.36 bits per heavy atom. The number of hydrogen-bond acceptors (Lipinski definition) is 2. The second-order valence-electron chi connectivity index (χ2n) is 2.64. The van der Waals surface area contributed by atoms with Gasteiger partial charge in [0.2, 0.25) is 0 Å². The minimum absolute atomic E-state index is 0.0798. The minimum atomic E-state index is 0.0798. The van der Waals surface area contributed by atoms with Crippen molar-refractivity contribution in [3.63, 3.8) is 0 Å². The summed E-state index contributed by atoms with van der Waals surface area (Å²) < 4.78 is 0. The summed E-state index contributed by atoms with van der Waals surface area (Å²) in [5.74, 6) is 0. The van der Waals surface area contributed by atoms with Crippen molar-refractivity contribution in [1.29, 1.82) is 0 Å². The van der Waals surface area contributed by atoms with Crippen LogP contribution < -0.4 is 11.5 Å². The van der Waals surface area contributed by atoms with Gasteiger partial charge in [0.15, 0.2) is 0 Å². The van der Waals surface area contributed by atoms with Crippen molar-refractivity contribution < 1.29 is 0 Å². The molecule has 0 aromatic heterocycles. The highest BCUT2D eigenvalue weighted by atomic mass is 14.7. The number of nitrogens with two attached hydrogens (primary N) is 2. The monoisotopic (exact) mass is 150 g/mol. The smallest absolute Gasteiger partial charge is 0.0362 e. The van der Waals surface area contributed by atoms with Gasteiger partial charge in [-0.05, 0) is 18.1 Å². The Morgan fingerprint density at radius 3 is 2.55 bits per heavy atom. The lowest BCUT2D eigenvalue weighted by molar-refractivity contribution is 0.701. The summed E-state index contributed by atoms with van der Waals surface area (Å²) in [6.45, 7) is 2.05. The molecule has 0 saturated heterocycles. The van der Waals surface area contributed by atoms with Crippen molar-refractivity contribution in [3.8, 4) is 0 Å². The van der Waals surface area contributed by atoms with Crippen LogP contribution in [0.3, 0.4) is 0 Å². The highest BCUT2D eigenvalue weighted by Gasteiger charge is 2.04. The van der Waals surface area contributed by atoms with Crippen LogP contribution in [0.5, 0.6) is 0 Å². The van der Waals surface area contributed by atoms with Crippen LogP contribution in [0, 0.1) is 0 Å². The first-order chi connectivity index (χ1) is 5.25. The van der Waals surface area contributed by atoms with E-state index in [0.717, 1.165) is 17.7 Å². The van der Waals surface area contributed by atoms with Gasteiger partial charge < -0.3 is 11.5 Å². The lowest BCUT2D eigenvalue weighted by Gasteiger charge is -2.10. The number of nitrogen functional groups attached to an aromatic ring is 1. The minimum Gasteiger partial charge on any atom is -0.398 e. The predicted octanol–water partition coefficient (Wildman–Crippen LogP) is 1.68. The van der Waals surface area contributed by atoms with Gasteiger partial charge in [0.05, 0.1) is 0 Å². The topological polar surface area (TPSA) is 52.0 Å². The van der Waals surface area contributed by atoms with Crippen molar-refractivity contribution in [2.24, 2.45) is 5.73 Å². The van der Waals surface area contributed by atoms with Crippen molar-refractivity contribution in [2.45, 2.75) is 19.4 Å². The Labute approximate surface area is 67.2 Å². The lowest BCUT2D eigenvalue weighted by Crippen LogP contribution is -2.10. The Kier molecular flexibility index (Phi) is 2.49. The fraction of sp³-hybridized carbons (Fsp3) is 0.333. The van der Waals surface area contributed by atoms with E-state index in [-0.39, 0.29) is 6.04 Å². The van der Waals surface area contributed by atoms with Crippen molar-refractivity contribution >= 4 is 5.69 Å². The van der Waals surface area contributed by atoms with E-state index in [4.69, 9.17) is 11.5 Å². The molecule has 1 rings (SSSR count). The average molecular weight is 150 g/mol. The molecular weight excluding hydrogens is 136 g/mol. The van der Waals surface area contributed by atoms with Crippen LogP contribution in [0.4, 0.5) is 5.69 Å². The maximum absolute atomic E-state index is 5.82. The molecule has 0 aliphatic carbocycles. The summed E-state index contributed by atoms with van der Waals surface area (Å²) in [7, 11) is 0. The van der Waals surface area contributed by atoms with E-state index in [9.17, 15) is 0 Å². The summed E-state index contributed by atoms with van der Waals surface area (Å²) in [6, 6.07) is 7.81. The lowest BCUT2D eigenvalue weighted by atomic mass is 10.0. The predicted molar refractivity (Wildman–Crippen MR) is 48.1 cm³/mol. The molecule has 0 saturated carbocycles. The zero-order chi connectivity index (χ0) is 8.27. The van der Waals surface area contributed by atoms with Crippen LogP contribution >= 0.6 is 0 Å². The fourth-order valence-corrected chi connectivity index (χ4v) is 1.07. The third-order valence-corrected chi connectivity index (χ3v) is 1.84. The molecule has 1 aromatic carbocycles. The molecule has 1 atom stereocenters. The molecule has 0 spiro atoms. The van der Waals surface area contributed by atoms with E-state index in [1.54, 1.807) is 0 Å². The fourth-order valence-electron chi connectivity index (χ4n) is 1.07. The van der Waals surface area contributed by atoms with Gasteiger partial charge in [-0.3, -0.25) is 0 Å². The number of para-hydroxylation sites is 1. The first-order valence-corrected chi connectivity index (χ1v) is 3.85. The van der Waals surface area contributed by atoms with Crippen molar-refractivity contribution in [2.75, 3.05) is 5.73 Å². The van der Waals surface area contributed by atoms with Crippen LogP contribution in [-0.4, -0.2) is 0 Å². The van der Waals surface area contributed by atoms with Gasteiger partial charge in [-0.25, -0.2) is 0 Å². The Morgan fingerprint density at radius 2 is 2.00 bits per heavy atom. The summed E-state index contributed by atoms with van der Waals surface area (Å²) in [4.78, 5) is 0. The third kappa shape index (κ3) is 1.71. The molecule has 2 heteroatoms. The highest BCUT2D eigenvalue weighted by molar-refractivity contribution is 5.47. The van der Waals surface area contributed by atoms with Gasteiger partial charge in [-0.1, -0.05) is 25.1 Å². The first-order valence-electron chi connectivity index (χ1n) is 3.85. The van der Waals surface area contributed by atoms with Gasteiger partial charge in [-0.15, -0.1) is 0 Å². The summed E-state index contributed by atoms with van der Waals surface area (Å²) in [5.41, 5.74) is 13.4. The number of hydrogen-bond donors (Lipinski definition) is 2. The number of benzene rings is 1. The molecule has 0 aliphatic heterocycles. The normalized spacial score (nSPS) is 12.9. The molecule has 1 aromatic rings. The van der Waals surface area contributed by atoms with E-state index in [1.165, 1.54) is 0 Å². The van der Waals surface area contributed by atoms with Crippen LogP contribution in [0.2, 0.25) is 0 Å². The van der Waals surface area contributed by atoms with Crippen LogP contribution in [0.15, 0.2) is 24.3 Å². The molecule has 0 aliphatic rings. The molecule has 0 radical (unpaired) electrons. The second kappa shape index (κ2) is 3.39. The van der Waals surface area contributed by atoms with Gasteiger partial charge in [0.25, 0.3) is 0 Å². The Balaban J connectivity index is 2.93. The summed E-state index contributed by atoms with van der Waals surface area (Å²) in [6.07, 6.45) is 0.925. The maximum Gasteiger partial charge on any atom is 0.0362 e.